The minimum atomic E-state index is -0.313. The molecule has 0 spiro atoms. The number of nitrogens with zero attached hydrogens (tertiary/aromatic N) is 6. The lowest BCUT2D eigenvalue weighted by atomic mass is 10.2. The van der Waals surface area contributed by atoms with Crippen LogP contribution in [-0.2, 0) is 13.6 Å². The van der Waals surface area contributed by atoms with Crippen LogP contribution in [0.5, 0.6) is 0 Å². The van der Waals surface area contributed by atoms with Crippen LogP contribution >= 0.6 is 0 Å². The van der Waals surface area contributed by atoms with E-state index in [9.17, 15) is 9.59 Å². The number of pyridine rings is 1. The maximum absolute atomic E-state index is 12.9. The van der Waals surface area contributed by atoms with Crippen LogP contribution in [0.25, 0.3) is 11.0 Å². The first-order valence-electron chi connectivity index (χ1n) is 10.7. The predicted molar refractivity (Wildman–Crippen MR) is 118 cm³/mol. The van der Waals surface area contributed by atoms with Crippen LogP contribution in [0, 0.1) is 18.8 Å². The van der Waals surface area contributed by atoms with Gasteiger partial charge in [0.25, 0.3) is 11.1 Å². The van der Waals surface area contributed by atoms with Gasteiger partial charge in [0.2, 0.25) is 5.89 Å². The van der Waals surface area contributed by atoms with Crippen LogP contribution in [-0.4, -0.2) is 37.3 Å². The Bertz CT molecular complexity index is 1460. The largest absolute Gasteiger partial charge is 0.371 e. The first-order chi connectivity index (χ1) is 15.5. The van der Waals surface area contributed by atoms with Gasteiger partial charge in [-0.3, -0.25) is 14.2 Å². The van der Waals surface area contributed by atoms with E-state index in [0.717, 1.165) is 13.1 Å². The van der Waals surface area contributed by atoms with E-state index in [1.807, 2.05) is 0 Å². The maximum atomic E-state index is 12.9. The molecule has 2 atom stereocenters. The highest BCUT2D eigenvalue weighted by atomic mass is 16.5. The lowest BCUT2D eigenvalue weighted by molar-refractivity contribution is 0.363. The zero-order chi connectivity index (χ0) is 22.0. The summed E-state index contributed by atoms with van der Waals surface area (Å²) in [5, 5.41) is 4.20. The fourth-order valence-electron chi connectivity index (χ4n) is 4.97. The number of aromatic nitrogens is 5. The van der Waals surface area contributed by atoms with Gasteiger partial charge in [0.05, 0.1) is 11.8 Å². The van der Waals surface area contributed by atoms with Crippen molar-refractivity contribution in [3.05, 3.63) is 80.7 Å². The summed E-state index contributed by atoms with van der Waals surface area (Å²) in [6, 6.07) is 11.5. The van der Waals surface area contributed by atoms with Gasteiger partial charge in [-0.05, 0) is 42.5 Å². The van der Waals surface area contributed by atoms with E-state index in [0.29, 0.717) is 35.0 Å². The second-order valence-corrected chi connectivity index (χ2v) is 8.79. The summed E-state index contributed by atoms with van der Waals surface area (Å²) in [5.74, 6) is 2.44. The van der Waals surface area contributed by atoms with Crippen molar-refractivity contribution in [2.45, 2.75) is 19.4 Å². The summed E-state index contributed by atoms with van der Waals surface area (Å²) in [7, 11) is 1.56. The van der Waals surface area contributed by atoms with Crippen LogP contribution in [0.1, 0.15) is 23.2 Å². The Morgan fingerprint density at radius 1 is 1.12 bits per heavy atom. The van der Waals surface area contributed by atoms with Crippen molar-refractivity contribution in [3.63, 3.8) is 0 Å². The summed E-state index contributed by atoms with van der Waals surface area (Å²) < 4.78 is 8.16. The number of rotatable bonds is 4. The van der Waals surface area contributed by atoms with Crippen molar-refractivity contribution >= 4 is 16.7 Å². The van der Waals surface area contributed by atoms with Crippen molar-refractivity contribution < 1.29 is 4.52 Å². The van der Waals surface area contributed by atoms with Gasteiger partial charge in [-0.2, -0.15) is 4.98 Å². The lowest BCUT2D eigenvalue weighted by Gasteiger charge is -2.21. The number of benzene rings is 1. The minimum absolute atomic E-state index is 0.120. The normalized spacial score (nSPS) is 21.8. The molecule has 9 heteroatoms. The number of hydrogen-bond donors (Lipinski definition) is 0. The molecule has 162 valence electrons. The molecule has 2 unspecified atom stereocenters. The highest BCUT2D eigenvalue weighted by Gasteiger charge is 2.58. The predicted octanol–water partition coefficient (Wildman–Crippen LogP) is 1.68. The Hall–Kier alpha value is -3.75. The smallest absolute Gasteiger partial charge is 0.278 e. The number of hydrogen-bond acceptors (Lipinski definition) is 7. The molecule has 9 nitrogen and oxygen atoms in total. The Morgan fingerprint density at radius 2 is 1.94 bits per heavy atom. The molecule has 4 aromatic rings. The van der Waals surface area contributed by atoms with Gasteiger partial charge in [0, 0.05) is 37.8 Å². The molecule has 3 aromatic heterocycles. The van der Waals surface area contributed by atoms with E-state index in [-0.39, 0.29) is 23.2 Å². The number of fused-ring (bicyclic) bond motifs is 2. The van der Waals surface area contributed by atoms with Gasteiger partial charge in [-0.15, -0.1) is 0 Å². The maximum Gasteiger partial charge on any atom is 0.278 e. The second-order valence-electron chi connectivity index (χ2n) is 8.79. The third-order valence-electron chi connectivity index (χ3n) is 6.74. The Balaban J connectivity index is 1.19. The first-order valence-corrected chi connectivity index (χ1v) is 10.7. The zero-order valence-corrected chi connectivity index (χ0v) is 17.8. The zero-order valence-electron chi connectivity index (χ0n) is 17.8. The van der Waals surface area contributed by atoms with Gasteiger partial charge < -0.3 is 14.0 Å². The second kappa shape index (κ2) is 6.88. The summed E-state index contributed by atoms with van der Waals surface area (Å²) in [6.07, 6.45) is 1.45. The quantitative estimate of drug-likeness (QED) is 0.486. The van der Waals surface area contributed by atoms with Crippen LogP contribution in [0.15, 0.2) is 56.8 Å². The highest BCUT2D eigenvalue weighted by Crippen LogP contribution is 2.57. The average molecular weight is 430 g/mol. The molecule has 0 amide bonds. The van der Waals surface area contributed by atoms with Crippen LogP contribution in [0.4, 0.5) is 5.69 Å². The molecule has 32 heavy (non-hydrogen) atoms. The highest BCUT2D eigenvalue weighted by molar-refractivity contribution is 5.72. The molecule has 0 bridgehead atoms. The van der Waals surface area contributed by atoms with E-state index >= 15 is 0 Å². The van der Waals surface area contributed by atoms with Gasteiger partial charge in [0.1, 0.15) is 12.1 Å². The average Bonchev–Trinajstić information content (AvgIpc) is 3.12. The molecular formula is C23H22N6O3. The van der Waals surface area contributed by atoms with Crippen molar-refractivity contribution in [2.75, 3.05) is 18.0 Å². The summed E-state index contributed by atoms with van der Waals surface area (Å²) in [5.41, 5.74) is 2.70. The van der Waals surface area contributed by atoms with E-state index in [2.05, 4.69) is 51.2 Å². The monoisotopic (exact) mass is 430 g/mol. The molecule has 2 fully saturated rings. The summed E-state index contributed by atoms with van der Waals surface area (Å²) in [4.78, 5) is 36.1. The molecule has 0 N–H and O–H groups in total. The van der Waals surface area contributed by atoms with Crippen molar-refractivity contribution in [1.82, 2.24) is 24.3 Å². The van der Waals surface area contributed by atoms with Crippen molar-refractivity contribution in [2.24, 2.45) is 18.9 Å². The van der Waals surface area contributed by atoms with Gasteiger partial charge >= 0.3 is 0 Å². The molecule has 1 saturated carbocycles. The Morgan fingerprint density at radius 3 is 2.72 bits per heavy atom. The fraction of sp³-hybridized carbons (Fsp3) is 0.348. The number of aryl methyl sites for hydroxylation is 2. The van der Waals surface area contributed by atoms with Crippen LogP contribution in [0.3, 0.4) is 0 Å². The molecule has 1 saturated heterocycles. The summed E-state index contributed by atoms with van der Waals surface area (Å²) >= 11 is 0. The third kappa shape index (κ3) is 2.96. The molecule has 0 radical (unpaired) electrons. The third-order valence-corrected chi connectivity index (χ3v) is 6.74. The molecule has 4 heterocycles. The number of anilines is 1. The van der Waals surface area contributed by atoms with Gasteiger partial charge in [-0.1, -0.05) is 17.3 Å². The van der Waals surface area contributed by atoms with Gasteiger partial charge in [-0.25, -0.2) is 4.98 Å². The SMILES string of the molecule is Cc1cccc(N2CC3C(C2)C3c2noc(Cn3cnc4ccc(=O)n(C)c4c3=O)n2)c1. The van der Waals surface area contributed by atoms with E-state index < -0.39 is 0 Å². The fourth-order valence-corrected chi connectivity index (χ4v) is 4.97. The summed E-state index contributed by atoms with van der Waals surface area (Å²) in [6.45, 7) is 4.21. The standard InChI is InChI=1S/C23H22N6O3/c1-13-4-3-5-14(8-13)28-9-15-16(10-28)20(15)22-25-18(32-26-22)11-29-12-24-17-6-7-19(30)27(2)21(17)23(29)31/h3-8,12,15-16,20H,9-11H2,1-2H3. The Labute approximate surface area is 182 Å². The molecule has 6 rings (SSSR count). The topological polar surface area (TPSA) is 99.0 Å². The van der Waals surface area contributed by atoms with E-state index in [1.54, 1.807) is 13.1 Å². The van der Waals surface area contributed by atoms with E-state index in [1.165, 1.54) is 32.8 Å². The molecule has 1 aromatic carbocycles. The number of piperidine rings is 1. The molecule has 1 aliphatic heterocycles. The lowest BCUT2D eigenvalue weighted by Crippen LogP contribution is -2.28. The van der Waals surface area contributed by atoms with Gasteiger partial charge in [0.15, 0.2) is 5.82 Å². The first kappa shape index (κ1) is 19.0. The van der Waals surface area contributed by atoms with Crippen LogP contribution < -0.4 is 16.0 Å². The molecular weight excluding hydrogens is 408 g/mol. The minimum Gasteiger partial charge on any atom is -0.371 e. The van der Waals surface area contributed by atoms with Crippen LogP contribution in [0.2, 0.25) is 0 Å². The Kier molecular flexibility index (Phi) is 4.08. The molecule has 1 aliphatic carbocycles. The van der Waals surface area contributed by atoms with Crippen molar-refractivity contribution in [1.29, 1.82) is 0 Å². The van der Waals surface area contributed by atoms with E-state index in [4.69, 9.17) is 4.52 Å². The molecule has 2 aliphatic rings. The van der Waals surface area contributed by atoms with Crippen molar-refractivity contribution in [3.8, 4) is 0 Å².